The molecule has 1 aliphatic heterocycles. The lowest BCUT2D eigenvalue weighted by atomic mass is 9.97. The van der Waals surface area contributed by atoms with Gasteiger partial charge in [0, 0.05) is 24.8 Å². The number of anilines is 2. The summed E-state index contributed by atoms with van der Waals surface area (Å²) < 4.78 is 5.40. The monoisotopic (exact) mass is 260 g/mol. The van der Waals surface area contributed by atoms with E-state index in [2.05, 4.69) is 24.0 Å². The Hall–Kier alpha value is -1.38. The molecule has 104 valence electrons. The number of methoxy groups -OCH3 is 1. The van der Waals surface area contributed by atoms with Crippen molar-refractivity contribution in [2.75, 3.05) is 30.8 Å². The Morgan fingerprint density at radius 1 is 1.16 bits per heavy atom. The second-order valence-corrected chi connectivity index (χ2v) is 6.10. The van der Waals surface area contributed by atoms with Crippen LogP contribution in [-0.2, 0) is 0 Å². The zero-order valence-corrected chi connectivity index (χ0v) is 12.0. The Labute approximate surface area is 115 Å². The standard InChI is InChI=1S/C16H24N2O/c1-11-5-7-18(8-6-11)15-10-16(19-2)14(17)9-13(15)12-3-4-12/h9-12H,3-8,17H2,1-2H3. The summed E-state index contributed by atoms with van der Waals surface area (Å²) in [6, 6.07) is 4.29. The highest BCUT2D eigenvalue weighted by Crippen LogP contribution is 2.47. The summed E-state index contributed by atoms with van der Waals surface area (Å²) in [5, 5.41) is 0. The van der Waals surface area contributed by atoms with Gasteiger partial charge in [0.1, 0.15) is 5.75 Å². The zero-order valence-electron chi connectivity index (χ0n) is 12.0. The van der Waals surface area contributed by atoms with E-state index in [1.54, 1.807) is 7.11 Å². The predicted molar refractivity (Wildman–Crippen MR) is 80.0 cm³/mol. The van der Waals surface area contributed by atoms with Gasteiger partial charge in [0.05, 0.1) is 12.8 Å². The van der Waals surface area contributed by atoms with Crippen molar-refractivity contribution in [3.8, 4) is 5.75 Å². The van der Waals surface area contributed by atoms with Crippen molar-refractivity contribution in [2.45, 2.75) is 38.5 Å². The van der Waals surface area contributed by atoms with Crippen LogP contribution in [0.15, 0.2) is 12.1 Å². The molecule has 0 spiro atoms. The zero-order chi connectivity index (χ0) is 13.4. The minimum absolute atomic E-state index is 0.725. The Morgan fingerprint density at radius 3 is 2.42 bits per heavy atom. The van der Waals surface area contributed by atoms with Gasteiger partial charge in [0.25, 0.3) is 0 Å². The molecule has 1 aromatic carbocycles. The van der Waals surface area contributed by atoms with E-state index in [-0.39, 0.29) is 0 Å². The molecule has 2 N–H and O–H groups in total. The third kappa shape index (κ3) is 2.51. The van der Waals surface area contributed by atoms with Crippen LogP contribution in [0, 0.1) is 5.92 Å². The van der Waals surface area contributed by atoms with Crippen LogP contribution in [0.4, 0.5) is 11.4 Å². The average molecular weight is 260 g/mol. The summed E-state index contributed by atoms with van der Waals surface area (Å²) in [4.78, 5) is 2.52. The SMILES string of the molecule is COc1cc(N2CCC(C)CC2)c(C2CC2)cc1N. The highest BCUT2D eigenvalue weighted by atomic mass is 16.5. The van der Waals surface area contributed by atoms with Crippen LogP contribution < -0.4 is 15.4 Å². The molecule has 0 amide bonds. The van der Waals surface area contributed by atoms with E-state index in [0.717, 1.165) is 36.4 Å². The number of nitrogen functional groups attached to an aromatic ring is 1. The van der Waals surface area contributed by atoms with E-state index >= 15 is 0 Å². The summed E-state index contributed by atoms with van der Waals surface area (Å²) >= 11 is 0. The number of ether oxygens (including phenoxy) is 1. The molecule has 3 rings (SSSR count). The van der Waals surface area contributed by atoms with Gasteiger partial charge >= 0.3 is 0 Å². The minimum atomic E-state index is 0.725. The van der Waals surface area contributed by atoms with Crippen molar-refractivity contribution in [2.24, 2.45) is 5.92 Å². The fraction of sp³-hybridized carbons (Fsp3) is 0.625. The number of piperidine rings is 1. The average Bonchev–Trinajstić information content (AvgIpc) is 3.24. The van der Waals surface area contributed by atoms with Gasteiger partial charge in [-0.3, -0.25) is 0 Å². The molecule has 0 unspecified atom stereocenters. The molecule has 3 heteroatoms. The van der Waals surface area contributed by atoms with E-state index in [0.29, 0.717) is 0 Å². The maximum Gasteiger partial charge on any atom is 0.143 e. The minimum Gasteiger partial charge on any atom is -0.495 e. The van der Waals surface area contributed by atoms with E-state index in [4.69, 9.17) is 10.5 Å². The van der Waals surface area contributed by atoms with Crippen molar-refractivity contribution >= 4 is 11.4 Å². The van der Waals surface area contributed by atoms with Crippen molar-refractivity contribution < 1.29 is 4.74 Å². The van der Waals surface area contributed by atoms with Crippen molar-refractivity contribution in [1.82, 2.24) is 0 Å². The van der Waals surface area contributed by atoms with Crippen LogP contribution >= 0.6 is 0 Å². The lowest BCUT2D eigenvalue weighted by Crippen LogP contribution is -2.33. The van der Waals surface area contributed by atoms with Gasteiger partial charge in [-0.05, 0) is 49.1 Å². The molecule has 1 heterocycles. The van der Waals surface area contributed by atoms with E-state index in [1.165, 1.54) is 36.9 Å². The second kappa shape index (κ2) is 4.95. The Kier molecular flexibility index (Phi) is 3.29. The maximum atomic E-state index is 6.07. The summed E-state index contributed by atoms with van der Waals surface area (Å²) in [5.74, 6) is 2.40. The molecular formula is C16H24N2O. The van der Waals surface area contributed by atoms with Gasteiger partial charge in [-0.25, -0.2) is 0 Å². The molecule has 1 aliphatic carbocycles. The highest BCUT2D eigenvalue weighted by molar-refractivity contribution is 5.68. The molecule has 1 aromatic rings. The lowest BCUT2D eigenvalue weighted by Gasteiger charge is -2.34. The predicted octanol–water partition coefficient (Wildman–Crippen LogP) is 3.39. The molecule has 2 aliphatic rings. The second-order valence-electron chi connectivity index (χ2n) is 6.10. The van der Waals surface area contributed by atoms with Gasteiger partial charge in [-0.2, -0.15) is 0 Å². The number of hydrogen-bond acceptors (Lipinski definition) is 3. The van der Waals surface area contributed by atoms with E-state index in [1.807, 2.05) is 0 Å². The quantitative estimate of drug-likeness (QED) is 0.847. The van der Waals surface area contributed by atoms with Crippen molar-refractivity contribution in [3.05, 3.63) is 17.7 Å². The van der Waals surface area contributed by atoms with Crippen LogP contribution in [0.3, 0.4) is 0 Å². The Balaban J connectivity index is 1.93. The van der Waals surface area contributed by atoms with E-state index < -0.39 is 0 Å². The van der Waals surface area contributed by atoms with Gasteiger partial charge in [-0.1, -0.05) is 6.92 Å². The maximum absolute atomic E-state index is 6.07. The van der Waals surface area contributed by atoms with Crippen LogP contribution in [0.2, 0.25) is 0 Å². The van der Waals surface area contributed by atoms with Crippen molar-refractivity contribution in [3.63, 3.8) is 0 Å². The fourth-order valence-electron chi connectivity index (χ4n) is 3.02. The van der Waals surface area contributed by atoms with Crippen LogP contribution in [0.25, 0.3) is 0 Å². The van der Waals surface area contributed by atoms with Crippen LogP contribution in [-0.4, -0.2) is 20.2 Å². The smallest absolute Gasteiger partial charge is 0.143 e. The number of benzene rings is 1. The Bertz CT molecular complexity index is 460. The highest BCUT2D eigenvalue weighted by Gasteiger charge is 2.29. The van der Waals surface area contributed by atoms with Crippen LogP contribution in [0.5, 0.6) is 5.75 Å². The topological polar surface area (TPSA) is 38.5 Å². The summed E-state index contributed by atoms with van der Waals surface area (Å²) in [6.07, 6.45) is 5.19. The number of hydrogen-bond donors (Lipinski definition) is 1. The molecule has 3 nitrogen and oxygen atoms in total. The molecule has 2 fully saturated rings. The summed E-state index contributed by atoms with van der Waals surface area (Å²) in [5.41, 5.74) is 9.65. The first kappa shape index (κ1) is 12.6. The number of nitrogens with two attached hydrogens (primary N) is 1. The third-order valence-corrected chi connectivity index (χ3v) is 4.52. The first-order valence-corrected chi connectivity index (χ1v) is 7.41. The molecule has 0 radical (unpaired) electrons. The third-order valence-electron chi connectivity index (χ3n) is 4.52. The first-order valence-electron chi connectivity index (χ1n) is 7.41. The molecule has 1 saturated carbocycles. The number of nitrogens with zero attached hydrogens (tertiary/aromatic N) is 1. The van der Waals surface area contributed by atoms with Crippen molar-refractivity contribution in [1.29, 1.82) is 0 Å². The summed E-state index contributed by atoms with van der Waals surface area (Å²) in [7, 11) is 1.70. The van der Waals surface area contributed by atoms with Crippen LogP contribution in [0.1, 0.15) is 44.1 Å². The lowest BCUT2D eigenvalue weighted by molar-refractivity contribution is 0.415. The molecule has 0 bridgehead atoms. The van der Waals surface area contributed by atoms with Gasteiger partial charge in [-0.15, -0.1) is 0 Å². The van der Waals surface area contributed by atoms with Gasteiger partial charge < -0.3 is 15.4 Å². The fourth-order valence-corrected chi connectivity index (χ4v) is 3.02. The van der Waals surface area contributed by atoms with E-state index in [9.17, 15) is 0 Å². The first-order chi connectivity index (χ1) is 9.19. The number of rotatable bonds is 3. The molecule has 0 atom stereocenters. The summed E-state index contributed by atoms with van der Waals surface area (Å²) in [6.45, 7) is 4.67. The van der Waals surface area contributed by atoms with Gasteiger partial charge in [0.2, 0.25) is 0 Å². The van der Waals surface area contributed by atoms with Gasteiger partial charge in [0.15, 0.2) is 0 Å². The Morgan fingerprint density at radius 2 is 1.84 bits per heavy atom. The normalized spacial score (nSPS) is 20.6. The molecule has 0 aromatic heterocycles. The molecule has 19 heavy (non-hydrogen) atoms. The molecular weight excluding hydrogens is 236 g/mol. The largest absolute Gasteiger partial charge is 0.495 e. The molecule has 1 saturated heterocycles.